The molecule has 0 bridgehead atoms. The van der Waals surface area contributed by atoms with Gasteiger partial charge < -0.3 is 5.32 Å². The first-order chi connectivity index (χ1) is 11.2. The van der Waals surface area contributed by atoms with Crippen LogP contribution in [0.4, 0.5) is 0 Å². The molecule has 1 saturated heterocycles. The highest BCUT2D eigenvalue weighted by Gasteiger charge is 2.33. The monoisotopic (exact) mass is 328 g/mol. The van der Waals surface area contributed by atoms with E-state index in [0.29, 0.717) is 23.7 Å². The fourth-order valence-corrected chi connectivity index (χ4v) is 3.06. The minimum absolute atomic E-state index is 0.00245. The number of nitrogens with zero attached hydrogens (tertiary/aromatic N) is 1. The van der Waals surface area contributed by atoms with Gasteiger partial charge in [-0.3, -0.25) is 14.5 Å². The first-order valence-electron chi connectivity index (χ1n) is 7.51. The van der Waals surface area contributed by atoms with Gasteiger partial charge in [0.05, 0.1) is 6.54 Å². The largest absolute Gasteiger partial charge is 0.353 e. The Kier molecular flexibility index (Phi) is 4.74. The number of benzene rings is 2. The minimum atomic E-state index is -0.537. The van der Waals surface area contributed by atoms with E-state index in [0.717, 1.165) is 5.56 Å². The number of halogens is 1. The van der Waals surface area contributed by atoms with Crippen LogP contribution in [0.2, 0.25) is 5.02 Å². The predicted octanol–water partition coefficient (Wildman–Crippen LogP) is 2.70. The van der Waals surface area contributed by atoms with Crippen molar-refractivity contribution < 1.29 is 9.59 Å². The molecule has 1 heterocycles. The molecule has 1 unspecified atom stereocenters. The zero-order valence-electron chi connectivity index (χ0n) is 12.5. The zero-order valence-corrected chi connectivity index (χ0v) is 13.3. The van der Waals surface area contributed by atoms with Crippen molar-refractivity contribution in [2.24, 2.45) is 0 Å². The molecular formula is C18H17ClN2O2. The molecule has 4 nitrogen and oxygen atoms in total. The van der Waals surface area contributed by atoms with Gasteiger partial charge in [0.2, 0.25) is 5.91 Å². The lowest BCUT2D eigenvalue weighted by Crippen LogP contribution is -2.51. The lowest BCUT2D eigenvalue weighted by Gasteiger charge is -2.35. The molecule has 23 heavy (non-hydrogen) atoms. The number of amides is 1. The highest BCUT2D eigenvalue weighted by atomic mass is 35.5. The van der Waals surface area contributed by atoms with Crippen LogP contribution in [0.25, 0.3) is 0 Å². The first-order valence-corrected chi connectivity index (χ1v) is 7.89. The van der Waals surface area contributed by atoms with Gasteiger partial charge in [0.1, 0.15) is 6.04 Å². The Bertz CT molecular complexity index is 718. The van der Waals surface area contributed by atoms with Crippen LogP contribution in [0.3, 0.4) is 0 Å². The maximum absolute atomic E-state index is 12.5. The zero-order chi connectivity index (χ0) is 16.2. The molecule has 0 spiro atoms. The second-order valence-corrected chi connectivity index (χ2v) is 5.88. The number of carbonyl (C=O) groups excluding carboxylic acids is 2. The predicted molar refractivity (Wildman–Crippen MR) is 89.5 cm³/mol. The first kappa shape index (κ1) is 15.7. The lowest BCUT2D eigenvalue weighted by molar-refractivity contribution is -0.128. The van der Waals surface area contributed by atoms with Gasteiger partial charge in [0, 0.05) is 23.7 Å². The van der Waals surface area contributed by atoms with Crippen LogP contribution >= 0.6 is 11.6 Å². The molecule has 0 saturated carbocycles. The quantitative estimate of drug-likeness (QED) is 0.878. The van der Waals surface area contributed by atoms with E-state index < -0.39 is 6.04 Å². The van der Waals surface area contributed by atoms with Gasteiger partial charge in [-0.25, -0.2) is 0 Å². The van der Waals surface area contributed by atoms with E-state index in [1.165, 1.54) is 0 Å². The molecular weight excluding hydrogens is 312 g/mol. The van der Waals surface area contributed by atoms with E-state index in [1.807, 2.05) is 41.3 Å². The average molecular weight is 329 g/mol. The molecule has 0 aromatic heterocycles. The van der Waals surface area contributed by atoms with E-state index in [4.69, 9.17) is 11.6 Å². The summed E-state index contributed by atoms with van der Waals surface area (Å²) in [4.78, 5) is 26.7. The Morgan fingerprint density at radius 2 is 1.83 bits per heavy atom. The Morgan fingerprint density at radius 3 is 2.57 bits per heavy atom. The molecule has 1 atom stereocenters. The van der Waals surface area contributed by atoms with E-state index >= 15 is 0 Å². The topological polar surface area (TPSA) is 49.4 Å². The van der Waals surface area contributed by atoms with Gasteiger partial charge in [-0.2, -0.15) is 0 Å². The maximum Gasteiger partial charge on any atom is 0.242 e. The van der Waals surface area contributed by atoms with E-state index in [1.54, 1.807) is 18.2 Å². The summed E-state index contributed by atoms with van der Waals surface area (Å²) in [7, 11) is 0. The molecule has 5 heteroatoms. The van der Waals surface area contributed by atoms with Crippen molar-refractivity contribution in [3.8, 4) is 0 Å². The van der Waals surface area contributed by atoms with Crippen LogP contribution < -0.4 is 5.32 Å². The van der Waals surface area contributed by atoms with Crippen LogP contribution in [0.1, 0.15) is 22.0 Å². The van der Waals surface area contributed by atoms with Gasteiger partial charge in [0.25, 0.3) is 0 Å². The van der Waals surface area contributed by atoms with Crippen molar-refractivity contribution >= 4 is 23.3 Å². The van der Waals surface area contributed by atoms with Crippen LogP contribution in [0, 0.1) is 0 Å². The summed E-state index contributed by atoms with van der Waals surface area (Å²) in [5.41, 5.74) is 1.38. The molecule has 1 N–H and O–H groups in total. The summed E-state index contributed by atoms with van der Waals surface area (Å²) in [5.74, 6) is -0.123. The van der Waals surface area contributed by atoms with Crippen molar-refractivity contribution in [3.05, 3.63) is 70.7 Å². The Morgan fingerprint density at radius 1 is 1.13 bits per heavy atom. The van der Waals surface area contributed by atoms with E-state index in [9.17, 15) is 9.59 Å². The third-order valence-electron chi connectivity index (χ3n) is 3.95. The van der Waals surface area contributed by atoms with Gasteiger partial charge in [0.15, 0.2) is 5.78 Å². The molecule has 1 amide bonds. The summed E-state index contributed by atoms with van der Waals surface area (Å²) >= 11 is 6.25. The maximum atomic E-state index is 12.5. The molecule has 1 fully saturated rings. The molecule has 3 rings (SSSR count). The number of ketones is 1. The summed E-state index contributed by atoms with van der Waals surface area (Å²) in [6.45, 7) is 1.33. The lowest BCUT2D eigenvalue weighted by atomic mass is 10.0. The number of hydrogen-bond acceptors (Lipinski definition) is 3. The second-order valence-electron chi connectivity index (χ2n) is 5.47. The summed E-state index contributed by atoms with van der Waals surface area (Å²) in [5, 5.41) is 3.38. The normalized spacial score (nSPS) is 18.5. The number of carbonyl (C=O) groups is 2. The summed E-state index contributed by atoms with van der Waals surface area (Å²) in [6.07, 6.45) is 0. The molecule has 0 radical (unpaired) electrons. The van der Waals surface area contributed by atoms with E-state index in [-0.39, 0.29) is 18.2 Å². The molecule has 1 aliphatic heterocycles. The van der Waals surface area contributed by atoms with Crippen LogP contribution in [0.5, 0.6) is 0 Å². The fourth-order valence-electron chi connectivity index (χ4n) is 2.82. The number of piperazine rings is 1. The van der Waals surface area contributed by atoms with Gasteiger partial charge >= 0.3 is 0 Å². The number of rotatable bonds is 4. The van der Waals surface area contributed by atoms with Crippen molar-refractivity contribution in [1.29, 1.82) is 0 Å². The smallest absolute Gasteiger partial charge is 0.242 e. The van der Waals surface area contributed by atoms with Crippen molar-refractivity contribution in [3.63, 3.8) is 0 Å². The van der Waals surface area contributed by atoms with Crippen molar-refractivity contribution in [1.82, 2.24) is 10.2 Å². The third-order valence-corrected chi connectivity index (χ3v) is 4.30. The molecule has 0 aliphatic carbocycles. The standard InChI is InChI=1S/C18H17ClN2O2/c19-15-9-5-4-8-14(15)17-18(23)20-10-11-21(17)12-16(22)13-6-2-1-3-7-13/h1-9,17H,10-12H2,(H,20,23). The Labute approximate surface area is 140 Å². The second kappa shape index (κ2) is 6.94. The van der Waals surface area contributed by atoms with Crippen LogP contribution in [0.15, 0.2) is 54.6 Å². The van der Waals surface area contributed by atoms with E-state index in [2.05, 4.69) is 5.32 Å². The van der Waals surface area contributed by atoms with Crippen LogP contribution in [-0.2, 0) is 4.79 Å². The summed E-state index contributed by atoms with van der Waals surface area (Å²) in [6, 6.07) is 15.8. The van der Waals surface area contributed by atoms with Gasteiger partial charge in [-0.15, -0.1) is 0 Å². The highest BCUT2D eigenvalue weighted by molar-refractivity contribution is 6.31. The molecule has 118 valence electrons. The Balaban J connectivity index is 1.86. The van der Waals surface area contributed by atoms with Gasteiger partial charge in [-0.05, 0) is 11.6 Å². The van der Waals surface area contributed by atoms with Crippen molar-refractivity contribution in [2.75, 3.05) is 19.6 Å². The fraction of sp³-hybridized carbons (Fsp3) is 0.222. The average Bonchev–Trinajstić information content (AvgIpc) is 2.57. The molecule has 2 aromatic carbocycles. The third kappa shape index (κ3) is 3.44. The van der Waals surface area contributed by atoms with Gasteiger partial charge in [-0.1, -0.05) is 60.1 Å². The number of hydrogen-bond donors (Lipinski definition) is 1. The minimum Gasteiger partial charge on any atom is -0.353 e. The molecule has 2 aromatic rings. The number of Topliss-reactive ketones (excluding diaryl/α,β-unsaturated/α-hetero) is 1. The SMILES string of the molecule is O=C(CN1CCNC(=O)C1c1ccccc1Cl)c1ccccc1. The summed E-state index contributed by atoms with van der Waals surface area (Å²) < 4.78 is 0. The number of nitrogens with one attached hydrogen (secondary N) is 1. The van der Waals surface area contributed by atoms with Crippen LogP contribution in [-0.4, -0.2) is 36.2 Å². The van der Waals surface area contributed by atoms with Crippen molar-refractivity contribution in [2.45, 2.75) is 6.04 Å². The Hall–Kier alpha value is -2.17. The molecule has 1 aliphatic rings. The highest BCUT2D eigenvalue weighted by Crippen LogP contribution is 2.29.